The van der Waals surface area contributed by atoms with E-state index in [1.807, 2.05) is 0 Å². The largest absolute Gasteiger partial charge is 0.416 e. The van der Waals surface area contributed by atoms with E-state index in [4.69, 9.17) is 10.8 Å². The minimum atomic E-state index is -4.55. The lowest BCUT2D eigenvalue weighted by atomic mass is 10.00. The Hall–Kier alpha value is -1.14. The Kier molecular flexibility index (Phi) is 3.54. The summed E-state index contributed by atoms with van der Waals surface area (Å²) in [6.07, 6.45) is -5.68. The molecule has 0 radical (unpaired) electrons. The van der Waals surface area contributed by atoms with Crippen molar-refractivity contribution < 1.29 is 22.7 Å². The number of benzene rings is 1. The number of halogens is 4. The van der Waals surface area contributed by atoms with Crippen molar-refractivity contribution >= 4 is 0 Å². The van der Waals surface area contributed by atoms with Gasteiger partial charge in [0.2, 0.25) is 0 Å². The molecule has 1 rings (SSSR count). The third kappa shape index (κ3) is 2.70. The number of hydrogen-bond donors (Lipinski definition) is 2. The van der Waals surface area contributed by atoms with Gasteiger partial charge < -0.3 is 10.8 Å². The van der Waals surface area contributed by atoms with Crippen molar-refractivity contribution in [2.24, 2.45) is 5.73 Å². The van der Waals surface area contributed by atoms with Crippen LogP contribution in [0.2, 0.25) is 0 Å². The van der Waals surface area contributed by atoms with E-state index in [9.17, 15) is 17.6 Å². The first-order chi connectivity index (χ1) is 7.23. The van der Waals surface area contributed by atoms with Gasteiger partial charge in [-0.1, -0.05) is 0 Å². The summed E-state index contributed by atoms with van der Waals surface area (Å²) < 4.78 is 50.2. The first-order valence-corrected chi connectivity index (χ1v) is 4.53. The smallest absolute Gasteiger partial charge is 0.391 e. The zero-order valence-electron chi connectivity index (χ0n) is 8.42. The van der Waals surface area contributed by atoms with Crippen molar-refractivity contribution in [1.82, 2.24) is 0 Å². The zero-order chi connectivity index (χ0) is 12.5. The van der Waals surface area contributed by atoms with E-state index in [1.165, 1.54) is 6.92 Å². The Morgan fingerprint density at radius 1 is 1.31 bits per heavy atom. The van der Waals surface area contributed by atoms with Gasteiger partial charge in [-0.05, 0) is 25.1 Å². The van der Waals surface area contributed by atoms with Crippen LogP contribution >= 0.6 is 0 Å². The number of aliphatic hydroxyl groups is 1. The van der Waals surface area contributed by atoms with Gasteiger partial charge in [-0.15, -0.1) is 0 Å². The molecule has 0 fully saturated rings. The van der Waals surface area contributed by atoms with E-state index < -0.39 is 29.7 Å². The maximum atomic E-state index is 13.2. The van der Waals surface area contributed by atoms with Crippen molar-refractivity contribution in [3.63, 3.8) is 0 Å². The lowest BCUT2D eigenvalue weighted by Gasteiger charge is -2.17. The van der Waals surface area contributed by atoms with Crippen LogP contribution in [0.4, 0.5) is 17.6 Å². The van der Waals surface area contributed by atoms with E-state index in [1.54, 1.807) is 0 Å². The molecule has 0 aromatic heterocycles. The van der Waals surface area contributed by atoms with Crippen LogP contribution in [-0.2, 0) is 6.18 Å². The van der Waals surface area contributed by atoms with E-state index in [-0.39, 0.29) is 5.56 Å². The van der Waals surface area contributed by atoms with Crippen LogP contribution < -0.4 is 5.73 Å². The SMILES string of the molecule is C[C@H](O)[C@H](N)c1cc(C(F)(F)F)ccc1F. The number of rotatable bonds is 2. The summed E-state index contributed by atoms with van der Waals surface area (Å²) in [5, 5.41) is 9.12. The summed E-state index contributed by atoms with van der Waals surface area (Å²) in [6.45, 7) is 1.28. The normalized spacial score (nSPS) is 15.9. The Morgan fingerprint density at radius 3 is 2.31 bits per heavy atom. The summed E-state index contributed by atoms with van der Waals surface area (Å²) in [5.74, 6) is -0.860. The van der Waals surface area contributed by atoms with Crippen LogP contribution in [0.5, 0.6) is 0 Å². The Labute approximate surface area is 89.7 Å². The summed E-state index contributed by atoms with van der Waals surface area (Å²) in [5.41, 5.74) is 4.06. The molecule has 0 aliphatic rings. The maximum absolute atomic E-state index is 13.2. The first-order valence-electron chi connectivity index (χ1n) is 4.53. The first kappa shape index (κ1) is 12.9. The van der Waals surface area contributed by atoms with Crippen LogP contribution in [0, 0.1) is 5.82 Å². The summed E-state index contributed by atoms with van der Waals surface area (Å²) in [6, 6.07) is 0.767. The Bertz CT molecular complexity index is 376. The molecule has 0 saturated carbocycles. The topological polar surface area (TPSA) is 46.2 Å². The van der Waals surface area contributed by atoms with Gasteiger partial charge in [0, 0.05) is 5.56 Å². The molecule has 0 aliphatic carbocycles. The molecule has 0 heterocycles. The van der Waals surface area contributed by atoms with Crippen LogP contribution in [-0.4, -0.2) is 11.2 Å². The molecule has 90 valence electrons. The fourth-order valence-electron chi connectivity index (χ4n) is 1.24. The molecular weight excluding hydrogens is 226 g/mol. The predicted octanol–water partition coefficient (Wildman–Crippen LogP) is 2.23. The lowest BCUT2D eigenvalue weighted by molar-refractivity contribution is -0.137. The van der Waals surface area contributed by atoms with Crippen LogP contribution in [0.25, 0.3) is 0 Å². The van der Waals surface area contributed by atoms with E-state index >= 15 is 0 Å². The molecule has 3 N–H and O–H groups in total. The number of alkyl halides is 3. The standard InChI is InChI=1S/C10H11F4NO/c1-5(16)9(15)7-4-6(10(12,13)14)2-3-8(7)11/h2-5,9,16H,15H2,1H3/t5-,9-/m0/s1. The second-order valence-corrected chi connectivity index (χ2v) is 3.50. The van der Waals surface area contributed by atoms with Gasteiger partial charge in [-0.3, -0.25) is 0 Å². The molecule has 2 nitrogen and oxygen atoms in total. The summed E-state index contributed by atoms with van der Waals surface area (Å²) >= 11 is 0. The van der Waals surface area contributed by atoms with Crippen LogP contribution in [0.15, 0.2) is 18.2 Å². The molecule has 6 heteroatoms. The van der Waals surface area contributed by atoms with Gasteiger partial charge in [0.25, 0.3) is 0 Å². The maximum Gasteiger partial charge on any atom is 0.416 e. The molecule has 0 spiro atoms. The number of hydrogen-bond acceptors (Lipinski definition) is 2. The van der Waals surface area contributed by atoms with Gasteiger partial charge >= 0.3 is 6.18 Å². The third-order valence-corrected chi connectivity index (χ3v) is 2.20. The molecule has 0 saturated heterocycles. The molecule has 0 bridgehead atoms. The average Bonchev–Trinajstić information content (AvgIpc) is 2.15. The fourth-order valence-corrected chi connectivity index (χ4v) is 1.24. The molecule has 1 aromatic carbocycles. The molecule has 0 aliphatic heterocycles. The fraction of sp³-hybridized carbons (Fsp3) is 0.400. The Balaban J connectivity index is 3.19. The molecule has 1 aromatic rings. The third-order valence-electron chi connectivity index (χ3n) is 2.20. The minimum Gasteiger partial charge on any atom is -0.391 e. The average molecular weight is 237 g/mol. The highest BCUT2D eigenvalue weighted by atomic mass is 19.4. The van der Waals surface area contributed by atoms with Gasteiger partial charge in [0.05, 0.1) is 17.7 Å². The zero-order valence-corrected chi connectivity index (χ0v) is 8.42. The van der Waals surface area contributed by atoms with E-state index in [2.05, 4.69) is 0 Å². The highest BCUT2D eigenvalue weighted by Gasteiger charge is 2.32. The second kappa shape index (κ2) is 4.39. The van der Waals surface area contributed by atoms with Gasteiger partial charge in [-0.25, -0.2) is 4.39 Å². The molecule has 0 amide bonds. The van der Waals surface area contributed by atoms with Gasteiger partial charge in [-0.2, -0.15) is 13.2 Å². The summed E-state index contributed by atoms with van der Waals surface area (Å²) in [7, 11) is 0. The van der Waals surface area contributed by atoms with Crippen molar-refractivity contribution in [3.8, 4) is 0 Å². The van der Waals surface area contributed by atoms with Gasteiger partial charge in [0.15, 0.2) is 0 Å². The molecule has 2 atom stereocenters. The van der Waals surface area contributed by atoms with Gasteiger partial charge in [0.1, 0.15) is 5.82 Å². The predicted molar refractivity (Wildman–Crippen MR) is 50.0 cm³/mol. The highest BCUT2D eigenvalue weighted by molar-refractivity contribution is 5.29. The molecule has 0 unspecified atom stereocenters. The van der Waals surface area contributed by atoms with Crippen molar-refractivity contribution in [3.05, 3.63) is 35.1 Å². The monoisotopic (exact) mass is 237 g/mol. The van der Waals surface area contributed by atoms with Crippen molar-refractivity contribution in [1.29, 1.82) is 0 Å². The summed E-state index contributed by atoms with van der Waals surface area (Å²) in [4.78, 5) is 0. The highest BCUT2D eigenvalue weighted by Crippen LogP contribution is 2.31. The number of aliphatic hydroxyl groups excluding tert-OH is 1. The van der Waals surface area contributed by atoms with Crippen LogP contribution in [0.3, 0.4) is 0 Å². The van der Waals surface area contributed by atoms with E-state index in [0.717, 1.165) is 0 Å². The molecular formula is C10H11F4NO. The Morgan fingerprint density at radius 2 is 1.88 bits per heavy atom. The minimum absolute atomic E-state index is 0.343. The quantitative estimate of drug-likeness (QED) is 0.775. The van der Waals surface area contributed by atoms with Crippen molar-refractivity contribution in [2.45, 2.75) is 25.2 Å². The van der Waals surface area contributed by atoms with Crippen LogP contribution in [0.1, 0.15) is 24.1 Å². The number of nitrogens with two attached hydrogens (primary N) is 1. The van der Waals surface area contributed by atoms with E-state index in [0.29, 0.717) is 18.2 Å². The van der Waals surface area contributed by atoms with Crippen molar-refractivity contribution in [2.75, 3.05) is 0 Å². The lowest BCUT2D eigenvalue weighted by Crippen LogP contribution is -2.24. The second-order valence-electron chi connectivity index (χ2n) is 3.50. The molecule has 16 heavy (non-hydrogen) atoms.